The van der Waals surface area contributed by atoms with E-state index >= 15 is 0 Å². The van der Waals surface area contributed by atoms with Gasteiger partial charge in [-0.05, 0) is 38.2 Å². The summed E-state index contributed by atoms with van der Waals surface area (Å²) in [4.78, 5) is 0. The van der Waals surface area contributed by atoms with Gasteiger partial charge in [-0.15, -0.1) is 0 Å². The molecule has 1 spiro atoms. The summed E-state index contributed by atoms with van der Waals surface area (Å²) in [5.74, 6) is -0.0760. The summed E-state index contributed by atoms with van der Waals surface area (Å²) in [6.45, 7) is 10.6. The first-order chi connectivity index (χ1) is 7.89. The smallest absolute Gasteiger partial charge is 0.193 e. The van der Waals surface area contributed by atoms with Crippen molar-refractivity contribution in [1.29, 1.82) is 0 Å². The number of rotatable bonds is 0. The van der Waals surface area contributed by atoms with Gasteiger partial charge >= 0.3 is 0 Å². The van der Waals surface area contributed by atoms with Crippen molar-refractivity contribution in [2.24, 2.45) is 11.8 Å². The van der Waals surface area contributed by atoms with Crippen LogP contribution in [0.1, 0.15) is 46.5 Å². The van der Waals surface area contributed by atoms with Gasteiger partial charge in [-0.25, -0.2) is 0 Å². The molecule has 0 aromatic heterocycles. The Labute approximate surface area is 103 Å². The molecule has 2 aliphatic heterocycles. The van der Waals surface area contributed by atoms with E-state index in [0.29, 0.717) is 18.3 Å². The van der Waals surface area contributed by atoms with Crippen molar-refractivity contribution in [3.63, 3.8) is 0 Å². The van der Waals surface area contributed by atoms with E-state index in [1.807, 2.05) is 0 Å². The van der Waals surface area contributed by atoms with E-state index in [4.69, 9.17) is 4.74 Å². The second kappa shape index (κ2) is 3.24. The van der Waals surface area contributed by atoms with Crippen LogP contribution in [-0.2, 0) is 4.74 Å². The average molecular weight is 234 g/mol. The molecule has 3 fully saturated rings. The van der Waals surface area contributed by atoms with E-state index in [1.165, 1.54) is 24.0 Å². The first-order valence-electron chi connectivity index (χ1n) is 6.66. The molecule has 0 aromatic rings. The fourth-order valence-electron chi connectivity index (χ4n) is 4.24. The van der Waals surface area contributed by atoms with Gasteiger partial charge < -0.3 is 9.84 Å². The third-order valence-electron chi connectivity index (χ3n) is 5.16. The van der Waals surface area contributed by atoms with Crippen LogP contribution in [0.4, 0.5) is 0 Å². The van der Waals surface area contributed by atoms with E-state index in [1.54, 1.807) is 0 Å². The number of ether oxygens (including phenoxy) is 1. The molecule has 2 nitrogen and oxygen atoms in total. The van der Waals surface area contributed by atoms with Gasteiger partial charge in [0.15, 0.2) is 5.79 Å². The van der Waals surface area contributed by atoms with E-state index in [-0.39, 0.29) is 5.60 Å². The number of fused-ring (bicyclic) bond motifs is 1. The van der Waals surface area contributed by atoms with Crippen LogP contribution < -0.4 is 0 Å². The molecule has 1 saturated carbocycles. The number of hydrogen-bond acceptors (Lipinski definition) is 2. The predicted octanol–water partition coefficient (Wildman–Crippen LogP) is 3.18. The topological polar surface area (TPSA) is 29.5 Å². The van der Waals surface area contributed by atoms with Crippen molar-refractivity contribution in [2.75, 3.05) is 0 Å². The van der Waals surface area contributed by atoms with E-state index < -0.39 is 5.79 Å². The minimum atomic E-state index is -1.05. The van der Waals surface area contributed by atoms with Crippen molar-refractivity contribution in [3.8, 4) is 0 Å². The van der Waals surface area contributed by atoms with E-state index in [9.17, 15) is 5.11 Å². The van der Waals surface area contributed by atoms with E-state index in [0.717, 1.165) is 12.0 Å². The van der Waals surface area contributed by atoms with Crippen LogP contribution >= 0.6 is 0 Å². The highest BCUT2D eigenvalue weighted by Crippen LogP contribution is 2.62. The van der Waals surface area contributed by atoms with Crippen LogP contribution in [0, 0.1) is 11.8 Å². The normalized spacial score (nSPS) is 48.5. The lowest BCUT2D eigenvalue weighted by Gasteiger charge is -2.42. The summed E-state index contributed by atoms with van der Waals surface area (Å²) in [5.41, 5.74) is 3.35. The predicted molar refractivity (Wildman–Crippen MR) is 67.4 cm³/mol. The Morgan fingerprint density at radius 2 is 2.06 bits per heavy atom. The molecule has 2 saturated heterocycles. The fourth-order valence-corrected chi connectivity index (χ4v) is 4.24. The van der Waals surface area contributed by atoms with Crippen LogP contribution in [0.25, 0.3) is 0 Å². The van der Waals surface area contributed by atoms with Crippen molar-refractivity contribution >= 4 is 0 Å². The SMILES string of the molecule is C=C1C[C@@]2(O)O[C@@]3(CC2=C(C)C)[C@@H](C)CC[C@@H]13. The third-order valence-corrected chi connectivity index (χ3v) is 5.16. The molecule has 0 amide bonds. The Bertz CT molecular complexity index is 419. The van der Waals surface area contributed by atoms with Gasteiger partial charge in [-0.2, -0.15) is 0 Å². The molecule has 4 atom stereocenters. The third kappa shape index (κ3) is 1.28. The molecule has 1 aliphatic carbocycles. The Kier molecular flexibility index (Phi) is 2.19. The quantitative estimate of drug-likeness (QED) is 0.652. The zero-order valence-corrected chi connectivity index (χ0v) is 11.0. The van der Waals surface area contributed by atoms with Gasteiger partial charge in [0, 0.05) is 18.8 Å². The Morgan fingerprint density at radius 3 is 2.71 bits per heavy atom. The largest absolute Gasteiger partial charge is 0.362 e. The molecule has 2 heterocycles. The van der Waals surface area contributed by atoms with Crippen molar-refractivity contribution in [1.82, 2.24) is 0 Å². The summed E-state index contributed by atoms with van der Waals surface area (Å²) in [7, 11) is 0. The zero-order valence-electron chi connectivity index (χ0n) is 11.0. The molecule has 2 heteroatoms. The lowest BCUT2D eigenvalue weighted by Crippen LogP contribution is -2.47. The van der Waals surface area contributed by atoms with Gasteiger partial charge in [-0.1, -0.05) is 24.6 Å². The summed E-state index contributed by atoms with van der Waals surface area (Å²) in [5, 5.41) is 10.7. The van der Waals surface area contributed by atoms with Gasteiger partial charge in [0.1, 0.15) is 0 Å². The highest BCUT2D eigenvalue weighted by atomic mass is 16.6. The van der Waals surface area contributed by atoms with Crippen molar-refractivity contribution in [3.05, 3.63) is 23.3 Å². The molecule has 3 rings (SSSR count). The van der Waals surface area contributed by atoms with Crippen LogP contribution in [-0.4, -0.2) is 16.5 Å². The molecule has 94 valence electrons. The zero-order chi connectivity index (χ0) is 12.4. The molecule has 0 unspecified atom stereocenters. The van der Waals surface area contributed by atoms with Crippen molar-refractivity contribution < 1.29 is 9.84 Å². The molecule has 17 heavy (non-hydrogen) atoms. The maximum atomic E-state index is 10.7. The number of allylic oxidation sites excluding steroid dienone is 1. The van der Waals surface area contributed by atoms with Crippen molar-refractivity contribution in [2.45, 2.75) is 57.8 Å². The number of aliphatic hydroxyl groups is 1. The molecule has 2 bridgehead atoms. The Morgan fingerprint density at radius 1 is 1.35 bits per heavy atom. The molecule has 3 aliphatic rings. The minimum absolute atomic E-state index is 0.156. The van der Waals surface area contributed by atoms with E-state index in [2.05, 4.69) is 27.4 Å². The molecule has 0 aromatic carbocycles. The van der Waals surface area contributed by atoms with Crippen LogP contribution in [0.2, 0.25) is 0 Å². The highest BCUT2D eigenvalue weighted by molar-refractivity contribution is 5.36. The van der Waals surface area contributed by atoms with Gasteiger partial charge in [-0.3, -0.25) is 0 Å². The lowest BCUT2D eigenvalue weighted by atomic mass is 9.78. The lowest BCUT2D eigenvalue weighted by molar-refractivity contribution is -0.242. The van der Waals surface area contributed by atoms with Crippen LogP contribution in [0.3, 0.4) is 0 Å². The maximum Gasteiger partial charge on any atom is 0.193 e. The second-order valence-corrected chi connectivity index (χ2v) is 6.36. The van der Waals surface area contributed by atoms with Crippen LogP contribution in [0.5, 0.6) is 0 Å². The molecular formula is C15H22O2. The van der Waals surface area contributed by atoms with Gasteiger partial charge in [0.2, 0.25) is 0 Å². The molecule has 0 radical (unpaired) electrons. The molecular weight excluding hydrogens is 212 g/mol. The standard InChI is InChI=1S/C15H22O2/c1-9(2)13-8-14-11(4)5-6-12(14)10(3)7-15(13,16)17-14/h11-12,16H,3,5-8H2,1-2,4H3/t11-,12-,14-,15+/m0/s1. The highest BCUT2D eigenvalue weighted by Gasteiger charge is 2.64. The first kappa shape index (κ1) is 11.5. The summed E-state index contributed by atoms with van der Waals surface area (Å²) < 4.78 is 6.19. The van der Waals surface area contributed by atoms with Crippen LogP contribution in [0.15, 0.2) is 23.3 Å². The summed E-state index contributed by atoms with van der Waals surface area (Å²) in [6, 6.07) is 0. The second-order valence-electron chi connectivity index (χ2n) is 6.36. The fraction of sp³-hybridized carbons (Fsp3) is 0.733. The summed E-state index contributed by atoms with van der Waals surface area (Å²) >= 11 is 0. The Hall–Kier alpha value is -0.600. The van der Waals surface area contributed by atoms with Gasteiger partial charge in [0.05, 0.1) is 5.60 Å². The first-order valence-corrected chi connectivity index (χ1v) is 6.66. The van der Waals surface area contributed by atoms with Gasteiger partial charge in [0.25, 0.3) is 0 Å². The minimum Gasteiger partial charge on any atom is -0.362 e. The number of hydrogen-bond donors (Lipinski definition) is 1. The monoisotopic (exact) mass is 234 g/mol. The molecule has 1 N–H and O–H groups in total. The average Bonchev–Trinajstić information content (AvgIpc) is 2.65. The Balaban J connectivity index is 2.14. The summed E-state index contributed by atoms with van der Waals surface area (Å²) in [6.07, 6.45) is 3.85. The maximum absolute atomic E-state index is 10.7.